The number of hydrogen-bond acceptors (Lipinski definition) is 8. The third-order valence-corrected chi connectivity index (χ3v) is 5.75. The molecule has 27 heavy (non-hydrogen) atoms. The molecular formula is C18H18N6OS2. The highest BCUT2D eigenvalue weighted by molar-refractivity contribution is 7.13. The molecular weight excluding hydrogens is 380 g/mol. The van der Waals surface area contributed by atoms with Crippen LogP contribution in [-0.4, -0.2) is 37.3 Å². The minimum Gasteiger partial charge on any atom is -0.330 e. The molecule has 0 unspecified atom stereocenters. The van der Waals surface area contributed by atoms with Crippen LogP contribution in [-0.2, 0) is 4.79 Å². The van der Waals surface area contributed by atoms with Gasteiger partial charge in [-0.3, -0.25) is 9.78 Å². The lowest BCUT2D eigenvalue weighted by Gasteiger charge is -2.24. The first-order chi connectivity index (χ1) is 13.2. The van der Waals surface area contributed by atoms with Crippen LogP contribution in [0.2, 0.25) is 0 Å². The second kappa shape index (κ2) is 7.93. The summed E-state index contributed by atoms with van der Waals surface area (Å²) in [5.41, 5.74) is 1.59. The molecule has 1 aliphatic rings. The fraction of sp³-hybridized carbons (Fsp3) is 0.278. The number of nitrogens with one attached hydrogen (secondary N) is 1. The van der Waals surface area contributed by atoms with Crippen LogP contribution in [0, 0.1) is 6.92 Å². The lowest BCUT2D eigenvalue weighted by Crippen LogP contribution is -2.30. The highest BCUT2D eigenvalue weighted by atomic mass is 32.1. The fourth-order valence-electron chi connectivity index (χ4n) is 3.10. The molecule has 7 nitrogen and oxygen atoms in total. The van der Waals surface area contributed by atoms with E-state index < -0.39 is 0 Å². The first kappa shape index (κ1) is 17.7. The Kier molecular flexibility index (Phi) is 5.21. The van der Waals surface area contributed by atoms with Crippen molar-refractivity contribution >= 4 is 45.6 Å². The maximum Gasteiger partial charge on any atom is 0.247 e. The van der Waals surface area contributed by atoms with E-state index in [1.54, 1.807) is 42.1 Å². The number of aromatic nitrogens is 4. The molecule has 1 fully saturated rings. The number of amides is 1. The van der Waals surface area contributed by atoms with Crippen molar-refractivity contribution in [2.45, 2.75) is 25.8 Å². The minimum absolute atomic E-state index is 0.0333. The standard InChI is InChI=1S/C18H18N6OS2/c1-12-22-13(11-27-12)4-5-15(25)24-9-2-3-14(24)16-17(20-7-6-19-16)23-18-21-8-10-26-18/h4-8,10-11,14H,2-3,9H2,1H3,(H,20,21,23)/b5-4+/t14-/m0/s1. The van der Waals surface area contributed by atoms with Gasteiger partial charge in [0.2, 0.25) is 5.91 Å². The molecule has 0 aliphatic carbocycles. The van der Waals surface area contributed by atoms with E-state index in [4.69, 9.17) is 0 Å². The van der Waals surface area contributed by atoms with Crippen LogP contribution in [0.25, 0.3) is 6.08 Å². The van der Waals surface area contributed by atoms with Crippen LogP contribution in [0.1, 0.15) is 35.3 Å². The van der Waals surface area contributed by atoms with Gasteiger partial charge in [0.25, 0.3) is 0 Å². The second-order valence-electron chi connectivity index (χ2n) is 6.07. The van der Waals surface area contributed by atoms with Crippen LogP contribution in [0.15, 0.2) is 35.4 Å². The summed E-state index contributed by atoms with van der Waals surface area (Å²) in [6.07, 6.45) is 10.2. The molecule has 0 saturated carbocycles. The molecule has 0 spiro atoms. The van der Waals surface area contributed by atoms with Crippen molar-refractivity contribution in [1.29, 1.82) is 0 Å². The zero-order valence-corrected chi connectivity index (χ0v) is 16.3. The molecule has 9 heteroatoms. The Morgan fingerprint density at radius 2 is 2.15 bits per heavy atom. The van der Waals surface area contributed by atoms with E-state index in [0.717, 1.165) is 34.4 Å². The Morgan fingerprint density at radius 3 is 2.93 bits per heavy atom. The van der Waals surface area contributed by atoms with Gasteiger partial charge in [-0.15, -0.1) is 22.7 Å². The summed E-state index contributed by atoms with van der Waals surface area (Å²) in [6, 6.07) is -0.101. The van der Waals surface area contributed by atoms with Crippen LogP contribution >= 0.6 is 22.7 Å². The van der Waals surface area contributed by atoms with Crippen molar-refractivity contribution in [3.8, 4) is 0 Å². The van der Waals surface area contributed by atoms with Crippen molar-refractivity contribution in [2.75, 3.05) is 11.9 Å². The van der Waals surface area contributed by atoms with Crippen LogP contribution in [0.5, 0.6) is 0 Å². The third kappa shape index (κ3) is 4.04. The molecule has 1 aliphatic heterocycles. The molecule has 4 heterocycles. The predicted octanol–water partition coefficient (Wildman–Crippen LogP) is 3.82. The first-order valence-corrected chi connectivity index (χ1v) is 10.3. The van der Waals surface area contributed by atoms with Crippen molar-refractivity contribution in [2.24, 2.45) is 0 Å². The number of anilines is 2. The van der Waals surface area contributed by atoms with E-state index in [9.17, 15) is 4.79 Å². The molecule has 4 rings (SSSR count). The number of carbonyl (C=O) groups is 1. The average Bonchev–Trinajstić information content (AvgIpc) is 3.42. The Balaban J connectivity index is 1.54. The van der Waals surface area contributed by atoms with E-state index >= 15 is 0 Å². The van der Waals surface area contributed by atoms with Gasteiger partial charge in [0, 0.05) is 42.0 Å². The molecule has 1 N–H and O–H groups in total. The monoisotopic (exact) mass is 398 g/mol. The van der Waals surface area contributed by atoms with Crippen molar-refractivity contribution in [3.63, 3.8) is 0 Å². The van der Waals surface area contributed by atoms with Gasteiger partial charge in [-0.05, 0) is 25.8 Å². The number of carbonyl (C=O) groups excluding carboxylic acids is 1. The Bertz CT molecular complexity index is 952. The van der Waals surface area contributed by atoms with Crippen molar-refractivity contribution in [1.82, 2.24) is 24.8 Å². The van der Waals surface area contributed by atoms with Crippen molar-refractivity contribution in [3.05, 3.63) is 51.8 Å². The third-order valence-electron chi connectivity index (χ3n) is 4.27. The maximum atomic E-state index is 12.8. The summed E-state index contributed by atoms with van der Waals surface area (Å²) in [6.45, 7) is 2.66. The lowest BCUT2D eigenvalue weighted by molar-refractivity contribution is -0.126. The number of aryl methyl sites for hydroxylation is 1. The quantitative estimate of drug-likeness (QED) is 0.658. The Morgan fingerprint density at radius 1 is 1.26 bits per heavy atom. The smallest absolute Gasteiger partial charge is 0.247 e. The highest BCUT2D eigenvalue weighted by Crippen LogP contribution is 2.35. The largest absolute Gasteiger partial charge is 0.330 e. The van der Waals surface area contributed by atoms with E-state index in [2.05, 4.69) is 25.3 Å². The van der Waals surface area contributed by atoms with Gasteiger partial charge in [-0.1, -0.05) is 0 Å². The number of rotatable bonds is 5. The minimum atomic E-state index is -0.101. The molecule has 1 saturated heterocycles. The van der Waals surface area contributed by atoms with E-state index in [1.165, 1.54) is 11.3 Å². The van der Waals surface area contributed by atoms with E-state index in [0.29, 0.717) is 12.4 Å². The van der Waals surface area contributed by atoms with Crippen LogP contribution < -0.4 is 5.32 Å². The molecule has 0 radical (unpaired) electrons. The highest BCUT2D eigenvalue weighted by Gasteiger charge is 2.32. The van der Waals surface area contributed by atoms with Crippen LogP contribution in [0.4, 0.5) is 10.9 Å². The molecule has 138 valence electrons. The number of hydrogen-bond donors (Lipinski definition) is 1. The molecule has 0 aromatic carbocycles. The van der Waals surface area contributed by atoms with Gasteiger partial charge in [-0.25, -0.2) is 15.0 Å². The number of nitrogens with zero attached hydrogens (tertiary/aromatic N) is 5. The van der Waals surface area contributed by atoms with E-state index in [1.807, 2.05) is 22.6 Å². The Labute approximate surface area is 164 Å². The lowest BCUT2D eigenvalue weighted by atomic mass is 10.1. The molecule has 1 atom stereocenters. The summed E-state index contributed by atoms with van der Waals surface area (Å²) < 4.78 is 0. The maximum absolute atomic E-state index is 12.8. The van der Waals surface area contributed by atoms with E-state index in [-0.39, 0.29) is 11.9 Å². The van der Waals surface area contributed by atoms with Gasteiger partial charge < -0.3 is 10.2 Å². The Hall–Kier alpha value is -2.65. The fourth-order valence-corrected chi connectivity index (χ4v) is 4.21. The SMILES string of the molecule is Cc1nc(/C=C/C(=O)N2CCC[C@H]2c2nccnc2Nc2nccs2)cs1. The van der Waals surface area contributed by atoms with Gasteiger partial charge in [-0.2, -0.15) is 0 Å². The summed E-state index contributed by atoms with van der Waals surface area (Å²) in [4.78, 5) is 32.2. The summed E-state index contributed by atoms with van der Waals surface area (Å²) in [5.74, 6) is 0.616. The molecule has 0 bridgehead atoms. The summed E-state index contributed by atoms with van der Waals surface area (Å²) in [5, 5.41) is 8.80. The van der Waals surface area contributed by atoms with Gasteiger partial charge >= 0.3 is 0 Å². The summed E-state index contributed by atoms with van der Waals surface area (Å²) >= 11 is 3.07. The first-order valence-electron chi connectivity index (χ1n) is 8.59. The van der Waals surface area contributed by atoms with Crippen molar-refractivity contribution < 1.29 is 4.79 Å². The van der Waals surface area contributed by atoms with Gasteiger partial charge in [0.05, 0.1) is 16.7 Å². The van der Waals surface area contributed by atoms with Gasteiger partial charge in [0.1, 0.15) is 5.69 Å². The van der Waals surface area contributed by atoms with Gasteiger partial charge in [0.15, 0.2) is 10.9 Å². The second-order valence-corrected chi connectivity index (χ2v) is 8.02. The topological polar surface area (TPSA) is 83.9 Å². The number of thiazole rings is 2. The summed E-state index contributed by atoms with van der Waals surface area (Å²) in [7, 11) is 0. The zero-order chi connectivity index (χ0) is 18.6. The predicted molar refractivity (Wildman–Crippen MR) is 107 cm³/mol. The van der Waals surface area contributed by atoms with Crippen LogP contribution in [0.3, 0.4) is 0 Å². The number of likely N-dealkylation sites (tertiary alicyclic amines) is 1. The molecule has 1 amide bonds. The average molecular weight is 399 g/mol. The normalized spacial score (nSPS) is 16.9. The molecule has 3 aromatic rings. The molecule has 3 aromatic heterocycles. The zero-order valence-electron chi connectivity index (χ0n) is 14.7.